The van der Waals surface area contributed by atoms with E-state index >= 15 is 0 Å². The summed E-state index contributed by atoms with van der Waals surface area (Å²) in [6, 6.07) is 6.36. The summed E-state index contributed by atoms with van der Waals surface area (Å²) in [4.78, 5) is 4.32. The molecule has 0 aromatic heterocycles. The number of hydrogen-bond acceptors (Lipinski definition) is 5. The first-order valence-corrected chi connectivity index (χ1v) is 7.73. The van der Waals surface area contributed by atoms with Crippen LogP contribution in [0.25, 0.3) is 0 Å². The molecule has 0 unspecified atom stereocenters. The first-order chi connectivity index (χ1) is 9.57. The highest BCUT2D eigenvalue weighted by Crippen LogP contribution is 2.34. The van der Waals surface area contributed by atoms with Crippen molar-refractivity contribution >= 4 is 12.0 Å². The Labute approximate surface area is 125 Å². The van der Waals surface area contributed by atoms with E-state index in [4.69, 9.17) is 9.07 Å². The van der Waals surface area contributed by atoms with Gasteiger partial charge in [-0.25, -0.2) is 4.89 Å². The van der Waals surface area contributed by atoms with Crippen LogP contribution >= 0.6 is 12.0 Å². The second-order valence-corrected chi connectivity index (χ2v) is 5.83. The van der Waals surface area contributed by atoms with Crippen LogP contribution in [0.15, 0.2) is 18.2 Å². The molecule has 1 rings (SSSR count). The monoisotopic (exact) mass is 300 g/mol. The van der Waals surface area contributed by atoms with Crippen molar-refractivity contribution in [2.45, 2.75) is 39.5 Å². The van der Waals surface area contributed by atoms with Crippen LogP contribution < -0.4 is 4.74 Å². The molecule has 0 atom stereocenters. The van der Waals surface area contributed by atoms with Gasteiger partial charge in [-0.2, -0.15) is 0 Å². The molecule has 0 aliphatic heterocycles. The lowest BCUT2D eigenvalue weighted by atomic mass is 9.94. The fraction of sp³-hybridized carbons (Fsp3) is 0.600. The molecular formula is C15H24O4S. The van der Waals surface area contributed by atoms with Crippen molar-refractivity contribution < 1.29 is 19.0 Å². The van der Waals surface area contributed by atoms with Gasteiger partial charge in [0, 0.05) is 12.0 Å². The fourth-order valence-electron chi connectivity index (χ4n) is 1.91. The van der Waals surface area contributed by atoms with E-state index in [-0.39, 0.29) is 0 Å². The zero-order valence-corrected chi connectivity index (χ0v) is 13.7. The predicted octanol–water partition coefficient (Wildman–Crippen LogP) is 4.47. The standard InChI is InChI=1S/C15H24O4S/c1-11(2)13-7-6-8-14(12(3)4)15(13)17-9-10-20-19-18-16-5/h6-8,11-12H,9-10H2,1-5H3. The lowest BCUT2D eigenvalue weighted by molar-refractivity contribution is -0.447. The summed E-state index contributed by atoms with van der Waals surface area (Å²) in [6.45, 7) is 9.27. The molecule has 5 heteroatoms. The highest BCUT2D eigenvalue weighted by molar-refractivity contribution is 7.94. The molecule has 0 aliphatic carbocycles. The summed E-state index contributed by atoms with van der Waals surface area (Å²) in [7, 11) is 1.39. The minimum atomic E-state index is 0.435. The average Bonchev–Trinajstić information content (AvgIpc) is 2.42. The van der Waals surface area contributed by atoms with Gasteiger partial charge in [0.1, 0.15) is 5.75 Å². The van der Waals surface area contributed by atoms with E-state index in [1.807, 2.05) is 0 Å². The van der Waals surface area contributed by atoms with E-state index in [0.717, 1.165) is 17.8 Å². The van der Waals surface area contributed by atoms with Crippen molar-refractivity contribution in [3.8, 4) is 5.75 Å². The van der Waals surface area contributed by atoms with Gasteiger partial charge in [0.2, 0.25) is 0 Å². The minimum absolute atomic E-state index is 0.435. The Bertz CT molecular complexity index is 367. The molecule has 1 aromatic rings. The Hall–Kier alpha value is -0.750. The largest absolute Gasteiger partial charge is 0.492 e. The summed E-state index contributed by atoms with van der Waals surface area (Å²) < 4.78 is 10.7. The molecule has 0 N–H and O–H groups in total. The van der Waals surface area contributed by atoms with Gasteiger partial charge in [-0.15, -0.1) is 4.33 Å². The second-order valence-electron chi connectivity index (χ2n) is 5.05. The van der Waals surface area contributed by atoms with Crippen LogP contribution in [0.5, 0.6) is 5.75 Å². The summed E-state index contributed by atoms with van der Waals surface area (Å²) in [5.74, 6) is 2.53. The summed E-state index contributed by atoms with van der Waals surface area (Å²) in [5, 5.41) is 4.32. The van der Waals surface area contributed by atoms with Gasteiger partial charge in [-0.1, -0.05) is 50.9 Å². The number of hydrogen-bond donors (Lipinski definition) is 0. The van der Waals surface area contributed by atoms with Crippen LogP contribution in [0.2, 0.25) is 0 Å². The van der Waals surface area contributed by atoms with Crippen molar-refractivity contribution in [3.05, 3.63) is 29.3 Å². The molecule has 0 saturated heterocycles. The SMILES string of the molecule is COOOSCCOc1c(C(C)C)cccc1C(C)C. The van der Waals surface area contributed by atoms with Crippen LogP contribution in [0.1, 0.15) is 50.7 Å². The van der Waals surface area contributed by atoms with E-state index in [1.54, 1.807) is 0 Å². The smallest absolute Gasteiger partial charge is 0.126 e. The summed E-state index contributed by atoms with van der Waals surface area (Å²) >= 11 is 1.15. The first kappa shape index (κ1) is 17.3. The Balaban J connectivity index is 2.66. The van der Waals surface area contributed by atoms with E-state index < -0.39 is 0 Å². The van der Waals surface area contributed by atoms with Crippen molar-refractivity contribution in [1.29, 1.82) is 0 Å². The van der Waals surface area contributed by atoms with Crippen LogP contribution in [0, 0.1) is 0 Å². The predicted molar refractivity (Wildman–Crippen MR) is 81.8 cm³/mol. The fourth-order valence-corrected chi connectivity index (χ4v) is 2.22. The van der Waals surface area contributed by atoms with Crippen molar-refractivity contribution in [3.63, 3.8) is 0 Å². The summed E-state index contributed by atoms with van der Waals surface area (Å²) in [6.07, 6.45) is 0. The molecule has 0 heterocycles. The molecule has 0 radical (unpaired) electrons. The van der Waals surface area contributed by atoms with Crippen LogP contribution in [-0.2, 0) is 14.3 Å². The van der Waals surface area contributed by atoms with Crippen LogP contribution in [-0.4, -0.2) is 19.5 Å². The minimum Gasteiger partial charge on any atom is -0.492 e. The van der Waals surface area contributed by atoms with E-state index in [9.17, 15) is 0 Å². The Morgan fingerprint density at radius 3 is 2.15 bits per heavy atom. The normalized spacial score (nSPS) is 11.3. The number of rotatable bonds is 9. The van der Waals surface area contributed by atoms with E-state index in [0.29, 0.717) is 24.2 Å². The van der Waals surface area contributed by atoms with Crippen LogP contribution in [0.3, 0.4) is 0 Å². The summed E-state index contributed by atoms with van der Waals surface area (Å²) in [5.41, 5.74) is 2.49. The number of benzene rings is 1. The van der Waals surface area contributed by atoms with Gasteiger partial charge in [0.25, 0.3) is 0 Å². The van der Waals surface area contributed by atoms with Gasteiger partial charge >= 0.3 is 0 Å². The van der Waals surface area contributed by atoms with Crippen molar-refractivity contribution in [1.82, 2.24) is 0 Å². The molecule has 0 spiro atoms. The molecule has 0 amide bonds. The molecular weight excluding hydrogens is 276 g/mol. The quantitative estimate of drug-likeness (QED) is 0.291. The third kappa shape index (κ3) is 5.32. The lowest BCUT2D eigenvalue weighted by Gasteiger charge is -2.19. The molecule has 0 aliphatic rings. The molecule has 114 valence electrons. The maximum absolute atomic E-state index is 5.97. The molecule has 20 heavy (non-hydrogen) atoms. The van der Waals surface area contributed by atoms with Gasteiger partial charge in [-0.3, -0.25) is 0 Å². The third-order valence-corrected chi connectivity index (χ3v) is 3.36. The molecule has 0 fully saturated rings. The molecule has 4 nitrogen and oxygen atoms in total. The van der Waals surface area contributed by atoms with Gasteiger partial charge in [-0.05, 0) is 23.0 Å². The van der Waals surface area contributed by atoms with Gasteiger partial charge in [0.05, 0.1) is 19.5 Å². The lowest BCUT2D eigenvalue weighted by Crippen LogP contribution is -2.07. The first-order valence-electron chi connectivity index (χ1n) is 6.82. The topological polar surface area (TPSA) is 36.9 Å². The number of para-hydroxylation sites is 1. The van der Waals surface area contributed by atoms with E-state index in [2.05, 4.69) is 55.8 Å². The Morgan fingerprint density at radius 1 is 1.05 bits per heavy atom. The average molecular weight is 300 g/mol. The Morgan fingerprint density at radius 2 is 1.65 bits per heavy atom. The zero-order chi connectivity index (χ0) is 15.0. The second kappa shape index (κ2) is 9.23. The maximum Gasteiger partial charge on any atom is 0.126 e. The highest BCUT2D eigenvalue weighted by atomic mass is 32.2. The maximum atomic E-state index is 5.97. The Kier molecular flexibility index (Phi) is 7.99. The highest BCUT2D eigenvalue weighted by Gasteiger charge is 2.14. The molecule has 0 saturated carbocycles. The molecule has 1 aromatic carbocycles. The number of ether oxygens (including phenoxy) is 1. The van der Waals surface area contributed by atoms with Crippen molar-refractivity contribution in [2.24, 2.45) is 0 Å². The van der Waals surface area contributed by atoms with E-state index in [1.165, 1.54) is 18.2 Å². The van der Waals surface area contributed by atoms with Crippen molar-refractivity contribution in [2.75, 3.05) is 19.5 Å². The molecule has 0 bridgehead atoms. The van der Waals surface area contributed by atoms with Crippen LogP contribution in [0.4, 0.5) is 0 Å². The third-order valence-electron chi connectivity index (χ3n) is 2.88. The zero-order valence-electron chi connectivity index (χ0n) is 12.8. The van der Waals surface area contributed by atoms with Gasteiger partial charge < -0.3 is 4.74 Å². The van der Waals surface area contributed by atoms with Gasteiger partial charge in [0.15, 0.2) is 0 Å².